The highest BCUT2D eigenvalue weighted by Gasteiger charge is 2.57. The van der Waals surface area contributed by atoms with Gasteiger partial charge in [0.2, 0.25) is 18.2 Å². The Kier molecular flexibility index (Phi) is 12.0. The van der Waals surface area contributed by atoms with Crippen molar-refractivity contribution in [2.45, 2.75) is 126 Å². The highest BCUT2D eigenvalue weighted by molar-refractivity contribution is 5.76. The Morgan fingerprint density at radius 1 is 0.977 bits per heavy atom. The third-order valence-electron chi connectivity index (χ3n) is 7.64. The molecule has 19 nitrogen and oxygen atoms in total. The minimum absolute atomic E-state index is 0.204. The van der Waals surface area contributed by atoms with Crippen LogP contribution in [0.1, 0.15) is 34.1 Å². The summed E-state index contributed by atoms with van der Waals surface area (Å²) in [6.45, 7) is 4.46. The molecule has 0 aliphatic carbocycles. The fourth-order valence-electron chi connectivity index (χ4n) is 5.43. The largest absolute Gasteiger partial charge is 0.477 e. The predicted molar refractivity (Wildman–Crippen MR) is 140 cm³/mol. The Hall–Kier alpha value is -2.56. The molecule has 3 amide bonds. The molecule has 15 atom stereocenters. The maximum atomic E-state index is 12.2. The van der Waals surface area contributed by atoms with Crippen molar-refractivity contribution in [3.63, 3.8) is 0 Å². The molecular formula is C25H41N3O16. The van der Waals surface area contributed by atoms with Crippen molar-refractivity contribution < 1.29 is 78.6 Å². The zero-order chi connectivity index (χ0) is 33.1. The Bertz CT molecular complexity index is 1040. The van der Waals surface area contributed by atoms with E-state index >= 15 is 0 Å². The number of carboxylic acids is 1. The summed E-state index contributed by atoms with van der Waals surface area (Å²) in [5.74, 6) is -6.15. The molecule has 3 aliphatic rings. The van der Waals surface area contributed by atoms with Crippen molar-refractivity contribution in [2.75, 3.05) is 6.61 Å². The molecule has 44 heavy (non-hydrogen) atoms. The summed E-state index contributed by atoms with van der Waals surface area (Å²) in [5, 5.41) is 79.6. The van der Waals surface area contributed by atoms with E-state index in [0.29, 0.717) is 0 Å². The van der Waals surface area contributed by atoms with Crippen molar-refractivity contribution in [1.29, 1.82) is 0 Å². The van der Waals surface area contributed by atoms with E-state index in [-0.39, 0.29) is 6.41 Å². The number of aliphatic hydroxyl groups excluding tert-OH is 5. The lowest BCUT2D eigenvalue weighted by molar-refractivity contribution is -0.343. The number of hydrogen-bond donors (Lipinski definition) is 10. The molecule has 0 aromatic carbocycles. The Balaban J connectivity index is 2.01. The van der Waals surface area contributed by atoms with Gasteiger partial charge in [0, 0.05) is 20.3 Å². The van der Waals surface area contributed by atoms with Crippen molar-refractivity contribution >= 4 is 24.2 Å². The van der Waals surface area contributed by atoms with Crippen LogP contribution in [0.15, 0.2) is 0 Å². The number of carboxylic acid groups (broad SMARTS) is 1. The van der Waals surface area contributed by atoms with Gasteiger partial charge >= 0.3 is 5.97 Å². The summed E-state index contributed by atoms with van der Waals surface area (Å²) in [6.07, 6.45) is -17.3. The quantitative estimate of drug-likeness (QED) is 0.0943. The van der Waals surface area contributed by atoms with Crippen molar-refractivity contribution in [1.82, 2.24) is 16.0 Å². The van der Waals surface area contributed by atoms with E-state index in [0.717, 1.165) is 13.8 Å². The highest BCUT2D eigenvalue weighted by atomic mass is 16.7. The maximum Gasteiger partial charge on any atom is 0.364 e. The van der Waals surface area contributed by atoms with Crippen LogP contribution in [0.5, 0.6) is 0 Å². The number of rotatable bonds is 11. The number of hydrogen-bond acceptors (Lipinski definition) is 15. The number of carbonyl (C=O) groups is 4. The molecule has 0 saturated carbocycles. The van der Waals surface area contributed by atoms with Crippen LogP contribution in [0.25, 0.3) is 0 Å². The summed E-state index contributed by atoms with van der Waals surface area (Å²) in [7, 11) is 0. The van der Waals surface area contributed by atoms with Crippen LogP contribution in [0.3, 0.4) is 0 Å². The number of aliphatic hydroxyl groups is 6. The molecule has 0 spiro atoms. The lowest BCUT2D eigenvalue weighted by atomic mass is 9.87. The van der Waals surface area contributed by atoms with E-state index in [1.54, 1.807) is 0 Å². The number of aliphatic carboxylic acids is 1. The maximum absolute atomic E-state index is 12.2. The van der Waals surface area contributed by atoms with Crippen LogP contribution < -0.4 is 16.0 Å². The first kappa shape index (κ1) is 35.9. The number of carbonyl (C=O) groups excluding carboxylic acids is 3. The predicted octanol–water partition coefficient (Wildman–Crippen LogP) is -5.63. The van der Waals surface area contributed by atoms with Gasteiger partial charge in [-0.15, -0.1) is 0 Å². The van der Waals surface area contributed by atoms with Crippen molar-refractivity contribution in [3.05, 3.63) is 0 Å². The van der Waals surface area contributed by atoms with Gasteiger partial charge in [0.15, 0.2) is 12.6 Å². The van der Waals surface area contributed by atoms with Gasteiger partial charge in [-0.25, -0.2) is 4.79 Å². The molecule has 0 aromatic rings. The lowest BCUT2D eigenvalue weighted by Gasteiger charge is -2.50. The fourth-order valence-corrected chi connectivity index (χ4v) is 5.43. The molecule has 3 aliphatic heterocycles. The first-order valence-electron chi connectivity index (χ1n) is 13.9. The van der Waals surface area contributed by atoms with Crippen LogP contribution in [-0.4, -0.2) is 158 Å². The molecule has 3 heterocycles. The molecule has 10 N–H and O–H groups in total. The van der Waals surface area contributed by atoms with Gasteiger partial charge in [0.25, 0.3) is 5.79 Å². The molecule has 3 saturated heterocycles. The minimum atomic E-state index is -2.96. The van der Waals surface area contributed by atoms with Crippen molar-refractivity contribution in [2.24, 2.45) is 0 Å². The minimum Gasteiger partial charge on any atom is -0.477 e. The number of nitrogens with one attached hydrogen (secondary N) is 3. The smallest absolute Gasteiger partial charge is 0.364 e. The zero-order valence-electron chi connectivity index (χ0n) is 24.4. The average Bonchev–Trinajstić information content (AvgIpc) is 2.92. The molecule has 252 valence electrons. The van der Waals surface area contributed by atoms with E-state index in [9.17, 15) is 54.9 Å². The Morgan fingerprint density at radius 2 is 1.59 bits per heavy atom. The van der Waals surface area contributed by atoms with Gasteiger partial charge in [-0.05, 0) is 13.8 Å². The second kappa shape index (κ2) is 14.7. The summed E-state index contributed by atoms with van der Waals surface area (Å²) >= 11 is 0. The Morgan fingerprint density at radius 3 is 2.14 bits per heavy atom. The standard InChI is InChI=1S/C25H41N3O16/c1-8(30)14(26-7-29)20-15(27-10(3)31)13(5-25(39,44-20)24(37)38)42-22-16(28-11(4)32)21(17(34)9(2)41-22)43-23-19(36)18(35)12(33)6-40-23/h7-9,12-23,30,33-36,39H,5-6H2,1-4H3,(H,26,29)(H,27,31)(H,28,32)(H,37,38)/t8-,9+,12+,13-,14-,15-,16+,17-,18-,19+,20-,21+,22-,23-,25-/m0/s1. The summed E-state index contributed by atoms with van der Waals surface area (Å²) in [5.41, 5.74) is 0. The highest BCUT2D eigenvalue weighted by Crippen LogP contribution is 2.35. The molecule has 0 bridgehead atoms. The first-order chi connectivity index (χ1) is 20.5. The first-order valence-corrected chi connectivity index (χ1v) is 13.9. The zero-order valence-corrected chi connectivity index (χ0v) is 24.4. The third kappa shape index (κ3) is 7.98. The molecular weight excluding hydrogens is 598 g/mol. The second-order valence-electron chi connectivity index (χ2n) is 11.1. The summed E-state index contributed by atoms with van der Waals surface area (Å²) in [6, 6.07) is -4.14. The van der Waals surface area contributed by atoms with Crippen molar-refractivity contribution in [3.8, 4) is 0 Å². The monoisotopic (exact) mass is 639 g/mol. The third-order valence-corrected chi connectivity index (χ3v) is 7.64. The van der Waals surface area contributed by atoms with Crippen LogP contribution in [0.2, 0.25) is 0 Å². The lowest BCUT2D eigenvalue weighted by Crippen LogP contribution is -2.71. The molecule has 19 heteroatoms. The van der Waals surface area contributed by atoms with E-state index in [1.165, 1.54) is 13.8 Å². The van der Waals surface area contributed by atoms with Gasteiger partial charge in [-0.1, -0.05) is 0 Å². The van der Waals surface area contributed by atoms with Gasteiger partial charge in [-0.3, -0.25) is 14.4 Å². The topological polar surface area (TPSA) is 292 Å². The number of ether oxygens (including phenoxy) is 5. The van der Waals surface area contributed by atoms with Gasteiger partial charge < -0.3 is 75.4 Å². The van der Waals surface area contributed by atoms with E-state index in [4.69, 9.17) is 23.7 Å². The van der Waals surface area contributed by atoms with E-state index in [1.807, 2.05) is 0 Å². The SMILES string of the molecule is CC(=O)N[C@@H]1[C@H]([C@@H](NC=O)[C@H](C)O)O[C@](O)(C(=O)O)C[C@@H]1O[C@@H]1O[C@H](C)[C@H](O)[C@H](O[C@@H]2OC[C@@H](O)[C@H](O)[C@H]2O)[C@H]1NC(C)=O. The van der Waals surface area contributed by atoms with E-state index in [2.05, 4.69) is 16.0 Å². The summed E-state index contributed by atoms with van der Waals surface area (Å²) in [4.78, 5) is 47.9. The van der Waals surface area contributed by atoms with Crippen LogP contribution in [-0.2, 0) is 42.9 Å². The van der Waals surface area contributed by atoms with Gasteiger partial charge in [0.1, 0.15) is 42.7 Å². The molecule has 3 rings (SSSR count). The van der Waals surface area contributed by atoms with Gasteiger partial charge in [-0.2, -0.15) is 0 Å². The van der Waals surface area contributed by atoms with E-state index < -0.39 is 122 Å². The van der Waals surface area contributed by atoms with Crippen LogP contribution in [0.4, 0.5) is 0 Å². The van der Waals surface area contributed by atoms with Gasteiger partial charge in [0.05, 0.1) is 37.0 Å². The second-order valence-corrected chi connectivity index (χ2v) is 11.1. The molecule has 0 unspecified atom stereocenters. The van der Waals surface area contributed by atoms with Crippen LogP contribution >= 0.6 is 0 Å². The fraction of sp³-hybridized carbons (Fsp3) is 0.840. The average molecular weight is 640 g/mol. The Labute approximate surface area is 251 Å². The number of amides is 3. The van der Waals surface area contributed by atoms with Crippen LogP contribution in [0, 0.1) is 0 Å². The summed E-state index contributed by atoms with van der Waals surface area (Å²) < 4.78 is 28.4. The molecule has 0 aromatic heterocycles. The molecule has 3 fully saturated rings. The normalized spacial score (nSPS) is 42.4. The molecule has 0 radical (unpaired) electrons.